The van der Waals surface area contributed by atoms with Gasteiger partial charge in [0.2, 0.25) is 11.8 Å². The van der Waals surface area contributed by atoms with Gasteiger partial charge in [-0.05, 0) is 28.5 Å². The maximum atomic E-state index is 13.8. The van der Waals surface area contributed by atoms with Crippen LogP contribution < -0.4 is 10.6 Å². The molecule has 3 amide bonds. The van der Waals surface area contributed by atoms with Crippen molar-refractivity contribution in [2.75, 3.05) is 0 Å². The minimum Gasteiger partial charge on any atom is -0.445 e. The number of fused-ring (bicyclic) bond motifs is 1. The third-order valence-corrected chi connectivity index (χ3v) is 6.78. The lowest BCUT2D eigenvalue weighted by Gasteiger charge is -2.39. The van der Waals surface area contributed by atoms with Crippen LogP contribution in [0.1, 0.15) is 44.4 Å². The highest BCUT2D eigenvalue weighted by Crippen LogP contribution is 2.27. The van der Waals surface area contributed by atoms with Gasteiger partial charge in [0, 0.05) is 13.0 Å². The van der Waals surface area contributed by atoms with Gasteiger partial charge in [-0.3, -0.25) is 14.4 Å². The fourth-order valence-electron chi connectivity index (χ4n) is 4.53. The van der Waals surface area contributed by atoms with E-state index in [2.05, 4.69) is 10.6 Å². The summed E-state index contributed by atoms with van der Waals surface area (Å²) >= 11 is 0. The Kier molecular flexibility index (Phi) is 9.94. The summed E-state index contributed by atoms with van der Waals surface area (Å²) in [6, 6.07) is 12.0. The van der Waals surface area contributed by atoms with Gasteiger partial charge in [0.15, 0.2) is 0 Å². The van der Waals surface area contributed by atoms with E-state index >= 15 is 0 Å². The molecule has 1 aliphatic heterocycles. The molecular weight excluding hydrogens is 527 g/mol. The third-order valence-electron chi connectivity index (χ3n) is 6.78. The molecule has 0 bridgehead atoms. The van der Waals surface area contributed by atoms with Gasteiger partial charge in [0.05, 0.1) is 6.04 Å². The summed E-state index contributed by atoms with van der Waals surface area (Å²) in [4.78, 5) is 53.1. The molecule has 3 rings (SSSR count). The van der Waals surface area contributed by atoms with Gasteiger partial charge < -0.3 is 20.3 Å². The first kappa shape index (κ1) is 30.6. The van der Waals surface area contributed by atoms with Crippen LogP contribution in [0.2, 0.25) is 0 Å². The van der Waals surface area contributed by atoms with E-state index in [4.69, 9.17) is 4.74 Å². The second-order valence-electron chi connectivity index (χ2n) is 10.5. The van der Waals surface area contributed by atoms with Crippen molar-refractivity contribution in [1.29, 1.82) is 0 Å². The Morgan fingerprint density at radius 3 is 2.02 bits per heavy atom. The topological polar surface area (TPSA) is 105 Å². The van der Waals surface area contributed by atoms with Crippen molar-refractivity contribution in [1.82, 2.24) is 15.5 Å². The summed E-state index contributed by atoms with van der Waals surface area (Å²) in [6.45, 7) is 6.20. The third kappa shape index (κ3) is 7.61. The Bertz CT molecular complexity index is 1220. The Morgan fingerprint density at radius 2 is 1.45 bits per heavy atom. The number of carbonyl (C=O) groups excluding carboxylic acids is 4. The molecule has 0 radical (unpaired) electrons. The average Bonchev–Trinajstić information content (AvgIpc) is 2.91. The van der Waals surface area contributed by atoms with Crippen molar-refractivity contribution in [3.63, 3.8) is 0 Å². The molecule has 0 saturated heterocycles. The van der Waals surface area contributed by atoms with Crippen LogP contribution in [0.3, 0.4) is 0 Å². The maximum absolute atomic E-state index is 13.8. The van der Waals surface area contributed by atoms with E-state index in [0.29, 0.717) is 0 Å². The highest BCUT2D eigenvalue weighted by molar-refractivity contribution is 5.96. The average molecular weight is 562 g/mol. The number of hydrogen-bond donors (Lipinski definition) is 2. The summed E-state index contributed by atoms with van der Waals surface area (Å²) < 4.78 is 44.9. The van der Waals surface area contributed by atoms with Gasteiger partial charge in [-0.2, -0.15) is 13.2 Å². The molecule has 3 unspecified atom stereocenters. The molecular formula is C29H34F3N3O5. The number of alkyl carbamates (subject to hydrolysis) is 1. The van der Waals surface area contributed by atoms with Crippen molar-refractivity contribution in [2.45, 2.75) is 71.6 Å². The van der Waals surface area contributed by atoms with Crippen LogP contribution in [0.15, 0.2) is 54.6 Å². The number of amides is 3. The van der Waals surface area contributed by atoms with Crippen molar-refractivity contribution >= 4 is 23.7 Å². The van der Waals surface area contributed by atoms with Crippen molar-refractivity contribution < 1.29 is 37.1 Å². The number of carbonyl (C=O) groups is 4. The van der Waals surface area contributed by atoms with Gasteiger partial charge >= 0.3 is 12.3 Å². The fourth-order valence-corrected chi connectivity index (χ4v) is 4.53. The lowest BCUT2D eigenvalue weighted by molar-refractivity contribution is -0.175. The number of nitrogens with one attached hydrogen (secondary N) is 2. The van der Waals surface area contributed by atoms with Crippen molar-refractivity contribution in [2.24, 2.45) is 11.8 Å². The fraction of sp³-hybridized carbons (Fsp3) is 0.448. The molecule has 2 aromatic rings. The minimum atomic E-state index is -5.14. The Labute approximate surface area is 231 Å². The zero-order valence-corrected chi connectivity index (χ0v) is 22.8. The number of Topliss-reactive ketones (excluding diaryl/α,β-unsaturated/α-hetero) is 1. The smallest absolute Gasteiger partial charge is 0.445 e. The predicted molar refractivity (Wildman–Crippen MR) is 141 cm³/mol. The van der Waals surface area contributed by atoms with Crippen LogP contribution >= 0.6 is 0 Å². The Balaban J connectivity index is 1.84. The first-order valence-corrected chi connectivity index (χ1v) is 13.1. The number of hydrogen-bond acceptors (Lipinski definition) is 5. The van der Waals surface area contributed by atoms with Gasteiger partial charge in [-0.25, -0.2) is 4.79 Å². The van der Waals surface area contributed by atoms with Crippen molar-refractivity contribution in [3.8, 4) is 0 Å². The predicted octanol–water partition coefficient (Wildman–Crippen LogP) is 4.16. The zero-order valence-electron chi connectivity index (χ0n) is 22.8. The second kappa shape index (κ2) is 13.0. The van der Waals surface area contributed by atoms with Crippen LogP contribution in [0.5, 0.6) is 0 Å². The number of ketones is 1. The van der Waals surface area contributed by atoms with E-state index in [1.165, 1.54) is 18.7 Å². The molecule has 0 spiro atoms. The molecule has 0 aliphatic carbocycles. The molecule has 11 heteroatoms. The number of rotatable bonds is 9. The lowest BCUT2D eigenvalue weighted by Crippen LogP contribution is -2.61. The van der Waals surface area contributed by atoms with E-state index in [1.54, 1.807) is 62.4 Å². The van der Waals surface area contributed by atoms with Crippen LogP contribution in [-0.4, -0.2) is 52.9 Å². The maximum Gasteiger partial charge on any atom is 0.452 e. The van der Waals surface area contributed by atoms with E-state index in [9.17, 15) is 32.3 Å². The molecule has 2 aromatic carbocycles. The number of alkyl halides is 3. The first-order valence-electron chi connectivity index (χ1n) is 13.1. The van der Waals surface area contributed by atoms with E-state index in [1.807, 2.05) is 6.07 Å². The lowest BCUT2D eigenvalue weighted by atomic mass is 9.91. The first-order chi connectivity index (χ1) is 18.8. The monoisotopic (exact) mass is 561 g/mol. The van der Waals surface area contributed by atoms with Crippen LogP contribution in [-0.2, 0) is 38.7 Å². The SMILES string of the molecule is CC(C)C(NC(=O)OCc1ccccc1)C(=O)N1Cc2ccccc2CC1C(=O)NC(C(=O)C(F)(F)F)C(C)C. The molecule has 0 saturated carbocycles. The molecule has 40 heavy (non-hydrogen) atoms. The van der Waals surface area contributed by atoms with E-state index < -0.39 is 59.8 Å². The van der Waals surface area contributed by atoms with Gasteiger partial charge in [0.1, 0.15) is 18.7 Å². The standard InChI is InChI=1S/C29H34F3N3O5/c1-17(2)23(25(36)29(30,31)32)33-26(37)22-14-20-12-8-9-13-21(20)15-35(22)27(38)24(18(3)4)34-28(39)40-16-19-10-6-5-7-11-19/h5-13,17-18,22-24H,14-16H2,1-4H3,(H,33,37)(H,34,39). The molecule has 0 fully saturated rings. The minimum absolute atomic E-state index is 0.00335. The highest BCUT2D eigenvalue weighted by Gasteiger charge is 2.46. The summed E-state index contributed by atoms with van der Waals surface area (Å²) in [5.41, 5.74) is 2.27. The van der Waals surface area contributed by atoms with Crippen LogP contribution in [0.4, 0.5) is 18.0 Å². The summed E-state index contributed by atoms with van der Waals surface area (Å²) in [5.74, 6) is -4.79. The van der Waals surface area contributed by atoms with Crippen LogP contribution in [0, 0.1) is 11.8 Å². The molecule has 0 aromatic heterocycles. The number of benzene rings is 2. The molecule has 3 atom stereocenters. The molecule has 8 nitrogen and oxygen atoms in total. The summed E-state index contributed by atoms with van der Waals surface area (Å²) in [6.07, 6.45) is -5.93. The number of halogens is 3. The summed E-state index contributed by atoms with van der Waals surface area (Å²) in [7, 11) is 0. The molecule has 216 valence electrons. The second-order valence-corrected chi connectivity index (χ2v) is 10.5. The van der Waals surface area contributed by atoms with Gasteiger partial charge in [-0.1, -0.05) is 82.3 Å². The van der Waals surface area contributed by atoms with E-state index in [-0.39, 0.29) is 19.6 Å². The summed E-state index contributed by atoms with van der Waals surface area (Å²) in [5, 5.41) is 4.82. The molecule has 1 aliphatic rings. The van der Waals surface area contributed by atoms with Gasteiger partial charge in [-0.15, -0.1) is 0 Å². The zero-order chi connectivity index (χ0) is 29.6. The normalized spacial score (nSPS) is 16.6. The van der Waals surface area contributed by atoms with Gasteiger partial charge in [0.25, 0.3) is 5.78 Å². The Morgan fingerprint density at radius 1 is 0.875 bits per heavy atom. The Hall–Kier alpha value is -3.89. The number of ether oxygens (including phenoxy) is 1. The molecule has 2 N–H and O–H groups in total. The quantitative estimate of drug-likeness (QED) is 0.479. The molecule has 1 heterocycles. The largest absolute Gasteiger partial charge is 0.452 e. The van der Waals surface area contributed by atoms with E-state index in [0.717, 1.165) is 16.7 Å². The van der Waals surface area contributed by atoms with Crippen LogP contribution in [0.25, 0.3) is 0 Å². The highest BCUT2D eigenvalue weighted by atomic mass is 19.4. The number of nitrogens with zero attached hydrogens (tertiary/aromatic N) is 1. The van der Waals surface area contributed by atoms with Crippen molar-refractivity contribution in [3.05, 3.63) is 71.3 Å².